The molecule has 0 atom stereocenters. The number of hydrogen-bond donors (Lipinski definition) is 0. The summed E-state index contributed by atoms with van der Waals surface area (Å²) in [6.07, 6.45) is 6.22. The predicted molar refractivity (Wildman–Crippen MR) is 276 cm³/mol. The van der Waals surface area contributed by atoms with Crippen LogP contribution in [0.4, 0.5) is 0 Å². The van der Waals surface area contributed by atoms with E-state index in [2.05, 4.69) is 191 Å². The highest BCUT2D eigenvalue weighted by molar-refractivity contribution is 7.26. The van der Waals surface area contributed by atoms with Crippen molar-refractivity contribution < 1.29 is 0 Å². The van der Waals surface area contributed by atoms with Crippen molar-refractivity contribution in [2.75, 3.05) is 0 Å². The third-order valence-corrected chi connectivity index (χ3v) is 17.4. The van der Waals surface area contributed by atoms with Gasteiger partial charge in [0.25, 0.3) is 0 Å². The molecule has 0 bridgehead atoms. The molecule has 0 amide bonds. The molecule has 1 fully saturated rings. The van der Waals surface area contributed by atoms with E-state index in [0.29, 0.717) is 0 Å². The van der Waals surface area contributed by atoms with Crippen LogP contribution in [0.5, 0.6) is 0 Å². The van der Waals surface area contributed by atoms with Crippen LogP contribution >= 0.6 is 22.7 Å². The van der Waals surface area contributed by atoms with Gasteiger partial charge in [-0.05, 0) is 131 Å². The van der Waals surface area contributed by atoms with Crippen molar-refractivity contribution >= 4 is 107 Å². The zero-order valence-electron chi connectivity index (χ0n) is 35.1. The standard InChI is InChI=1S/C60H40N2S2/c1-10-28-60(29-11-1)50-31-37(36-21-26-54-47(30-36)41-12-2-6-16-52(41)61(54)38-23-27-58-49(32-38)44-15-5-9-19-57(44)63-58)20-24-40(50)46-35-55-48(34-51(46)60)42-13-3-7-17-53(42)62(55)39-22-25-45-43-14-4-8-18-56(43)64-59(45)33-39/h2-9,12-27,30-35H,1,10-11,28-29H2. The molecule has 4 heterocycles. The Morgan fingerprint density at radius 1 is 0.328 bits per heavy atom. The van der Waals surface area contributed by atoms with E-state index in [9.17, 15) is 0 Å². The van der Waals surface area contributed by atoms with Crippen LogP contribution in [0.1, 0.15) is 43.2 Å². The number of hydrogen-bond acceptors (Lipinski definition) is 2. The smallest absolute Gasteiger partial charge is 0.0547 e. The Hall–Kier alpha value is -6.98. The molecule has 1 saturated carbocycles. The van der Waals surface area contributed by atoms with Crippen LogP contribution in [0.15, 0.2) is 182 Å². The minimum atomic E-state index is 0.0108. The van der Waals surface area contributed by atoms with Crippen LogP contribution in [0.25, 0.3) is 118 Å². The Kier molecular flexibility index (Phi) is 7.23. The van der Waals surface area contributed by atoms with Gasteiger partial charge in [-0.15, -0.1) is 22.7 Å². The van der Waals surface area contributed by atoms with Crippen LogP contribution in [-0.2, 0) is 5.41 Å². The second kappa shape index (κ2) is 13.0. The minimum Gasteiger partial charge on any atom is -0.309 e. The maximum atomic E-state index is 2.61. The van der Waals surface area contributed by atoms with Gasteiger partial charge in [-0.2, -0.15) is 0 Å². The first-order chi connectivity index (χ1) is 31.7. The van der Waals surface area contributed by atoms with Crippen molar-refractivity contribution in [3.8, 4) is 33.6 Å². The van der Waals surface area contributed by atoms with Gasteiger partial charge in [0.2, 0.25) is 0 Å². The molecule has 4 heteroatoms. The summed E-state index contributed by atoms with van der Waals surface area (Å²) < 4.78 is 10.3. The maximum Gasteiger partial charge on any atom is 0.0547 e. The molecule has 1 spiro atoms. The SMILES string of the molecule is c1ccc2c(c1)sc1cc(-n3c4ccccc4c4cc5c(cc43)-c3ccc(-c4ccc6c(c4)c4ccccc4n6-c4ccc6sc7ccccc7c6c4)cc3C53CCCCC3)ccc12. The Labute approximate surface area is 377 Å². The monoisotopic (exact) mass is 852 g/mol. The van der Waals surface area contributed by atoms with E-state index in [4.69, 9.17) is 0 Å². The third kappa shape index (κ3) is 4.79. The Morgan fingerprint density at radius 3 is 1.66 bits per heavy atom. The Morgan fingerprint density at radius 2 is 0.875 bits per heavy atom. The van der Waals surface area contributed by atoms with E-state index in [0.717, 1.165) is 0 Å². The van der Waals surface area contributed by atoms with Gasteiger partial charge in [0, 0.05) is 78.7 Å². The van der Waals surface area contributed by atoms with E-state index >= 15 is 0 Å². The molecule has 0 N–H and O–H groups in total. The summed E-state index contributed by atoms with van der Waals surface area (Å²) >= 11 is 3.77. The van der Waals surface area contributed by atoms with Crippen molar-refractivity contribution in [1.82, 2.24) is 9.13 Å². The average molecular weight is 853 g/mol. The van der Waals surface area contributed by atoms with E-state index in [1.54, 1.807) is 0 Å². The summed E-state index contributed by atoms with van der Waals surface area (Å²) in [5.74, 6) is 0. The molecule has 4 aromatic heterocycles. The fourth-order valence-electron chi connectivity index (χ4n) is 12.2. The third-order valence-electron chi connectivity index (χ3n) is 15.1. The number of nitrogens with zero attached hydrogens (tertiary/aromatic N) is 2. The molecule has 2 nitrogen and oxygen atoms in total. The highest BCUT2D eigenvalue weighted by atomic mass is 32.1. The summed E-state index contributed by atoms with van der Waals surface area (Å²) in [7, 11) is 0. The highest BCUT2D eigenvalue weighted by Gasteiger charge is 2.44. The highest BCUT2D eigenvalue weighted by Crippen LogP contribution is 2.58. The van der Waals surface area contributed by atoms with Gasteiger partial charge in [-0.25, -0.2) is 0 Å². The second-order valence-corrected chi connectivity index (χ2v) is 20.5. The van der Waals surface area contributed by atoms with Crippen LogP contribution in [-0.4, -0.2) is 9.13 Å². The van der Waals surface area contributed by atoms with Gasteiger partial charge in [-0.3, -0.25) is 0 Å². The van der Waals surface area contributed by atoms with Gasteiger partial charge in [0.1, 0.15) is 0 Å². The number of para-hydroxylation sites is 2. The molecular weight excluding hydrogens is 813 g/mol. The lowest BCUT2D eigenvalue weighted by atomic mass is 9.67. The summed E-state index contributed by atoms with van der Waals surface area (Å²) in [6.45, 7) is 0. The van der Waals surface area contributed by atoms with Crippen molar-refractivity contribution in [3.05, 3.63) is 193 Å². The first kappa shape index (κ1) is 35.5. The van der Waals surface area contributed by atoms with Gasteiger partial charge < -0.3 is 9.13 Å². The molecule has 0 aliphatic heterocycles. The van der Waals surface area contributed by atoms with Crippen LogP contribution in [0.2, 0.25) is 0 Å². The normalized spacial score (nSPS) is 14.7. The molecule has 2 aliphatic carbocycles. The fourth-order valence-corrected chi connectivity index (χ4v) is 14.5. The summed E-state index contributed by atoms with van der Waals surface area (Å²) in [5, 5.41) is 10.6. The molecule has 64 heavy (non-hydrogen) atoms. The first-order valence-corrected chi connectivity index (χ1v) is 24.4. The molecule has 0 radical (unpaired) electrons. The number of aromatic nitrogens is 2. The predicted octanol–water partition coefficient (Wildman–Crippen LogP) is 17.5. The molecule has 15 rings (SSSR count). The summed E-state index contributed by atoms with van der Waals surface area (Å²) in [5.41, 5.74) is 15.9. The quantitative estimate of drug-likeness (QED) is 0.168. The molecule has 0 saturated heterocycles. The lowest BCUT2D eigenvalue weighted by Crippen LogP contribution is -2.28. The first-order valence-electron chi connectivity index (χ1n) is 22.8. The van der Waals surface area contributed by atoms with Gasteiger partial charge in [0.15, 0.2) is 0 Å². The van der Waals surface area contributed by atoms with E-state index in [1.807, 2.05) is 22.7 Å². The van der Waals surface area contributed by atoms with Gasteiger partial charge in [0.05, 0.1) is 22.1 Å². The van der Waals surface area contributed by atoms with E-state index in [-0.39, 0.29) is 5.41 Å². The largest absolute Gasteiger partial charge is 0.309 e. The minimum absolute atomic E-state index is 0.0108. The summed E-state index contributed by atoms with van der Waals surface area (Å²) in [4.78, 5) is 0. The second-order valence-electron chi connectivity index (χ2n) is 18.3. The van der Waals surface area contributed by atoms with Crippen molar-refractivity contribution in [2.45, 2.75) is 37.5 Å². The van der Waals surface area contributed by atoms with Crippen molar-refractivity contribution in [1.29, 1.82) is 0 Å². The fraction of sp³-hybridized carbons (Fsp3) is 0.100. The van der Waals surface area contributed by atoms with Crippen molar-refractivity contribution in [3.63, 3.8) is 0 Å². The van der Waals surface area contributed by atoms with Crippen LogP contribution in [0, 0.1) is 0 Å². The average Bonchev–Trinajstić information content (AvgIpc) is 4.14. The lowest BCUT2D eigenvalue weighted by Gasteiger charge is -2.36. The van der Waals surface area contributed by atoms with E-state index < -0.39 is 0 Å². The zero-order chi connectivity index (χ0) is 41.7. The van der Waals surface area contributed by atoms with E-state index in [1.165, 1.54) is 161 Å². The van der Waals surface area contributed by atoms with Gasteiger partial charge >= 0.3 is 0 Å². The van der Waals surface area contributed by atoms with Crippen molar-refractivity contribution in [2.24, 2.45) is 0 Å². The summed E-state index contributed by atoms with van der Waals surface area (Å²) in [6, 6.07) is 69.5. The lowest BCUT2D eigenvalue weighted by molar-refractivity contribution is 0.353. The van der Waals surface area contributed by atoms with Crippen LogP contribution in [0.3, 0.4) is 0 Å². The molecule has 9 aromatic carbocycles. The molecule has 2 aliphatic rings. The van der Waals surface area contributed by atoms with Gasteiger partial charge in [-0.1, -0.05) is 116 Å². The topological polar surface area (TPSA) is 9.86 Å². The van der Waals surface area contributed by atoms with Crippen LogP contribution < -0.4 is 0 Å². The number of fused-ring (bicyclic) bond motifs is 17. The molecule has 0 unspecified atom stereocenters. The Bertz CT molecular complexity index is 4130. The number of rotatable bonds is 3. The number of thiophene rings is 2. The zero-order valence-corrected chi connectivity index (χ0v) is 36.7. The molecular formula is C60H40N2S2. The maximum absolute atomic E-state index is 2.61. The molecule has 302 valence electrons. The Balaban J connectivity index is 0.900. The molecule has 13 aromatic rings. The number of benzene rings is 9.